The Labute approximate surface area is 116 Å². The maximum atomic E-state index is 13.1. The molecule has 0 aromatic heterocycles. The number of ether oxygens (including phenoxy) is 1. The van der Waals surface area contributed by atoms with Crippen LogP contribution in [0.1, 0.15) is 22.8 Å². The van der Waals surface area contributed by atoms with Crippen LogP contribution >= 0.6 is 11.6 Å². The van der Waals surface area contributed by atoms with Gasteiger partial charge in [0.25, 0.3) is 0 Å². The molecule has 1 unspecified atom stereocenters. The lowest BCUT2D eigenvalue weighted by atomic mass is 9.97. The molecule has 2 aromatic carbocycles. The lowest BCUT2D eigenvalue weighted by molar-refractivity contribution is 0.219. The van der Waals surface area contributed by atoms with Crippen molar-refractivity contribution in [1.82, 2.24) is 0 Å². The van der Waals surface area contributed by atoms with Gasteiger partial charge in [0.2, 0.25) is 0 Å². The maximum Gasteiger partial charge on any atom is 0.137 e. The van der Waals surface area contributed by atoms with Gasteiger partial charge in [-0.3, -0.25) is 0 Å². The van der Waals surface area contributed by atoms with Crippen LogP contribution in [-0.2, 0) is 0 Å². The smallest absolute Gasteiger partial charge is 0.137 e. The Morgan fingerprint density at radius 2 is 1.95 bits per heavy atom. The summed E-state index contributed by atoms with van der Waals surface area (Å²) in [5.74, 6) is 0.231. The summed E-state index contributed by atoms with van der Waals surface area (Å²) < 4.78 is 18.1. The first-order chi connectivity index (χ1) is 9.02. The normalized spacial score (nSPS) is 12.3. The Hall–Kier alpha value is -1.58. The zero-order valence-electron chi connectivity index (χ0n) is 10.7. The molecule has 4 heteroatoms. The van der Waals surface area contributed by atoms with Gasteiger partial charge < -0.3 is 9.84 Å². The van der Waals surface area contributed by atoms with E-state index in [0.717, 1.165) is 0 Å². The molecule has 1 N–H and O–H groups in total. The van der Waals surface area contributed by atoms with Crippen LogP contribution in [0.15, 0.2) is 36.4 Å². The molecular weight excluding hydrogens is 267 g/mol. The minimum absolute atomic E-state index is 0.318. The van der Waals surface area contributed by atoms with E-state index < -0.39 is 6.10 Å². The monoisotopic (exact) mass is 280 g/mol. The highest BCUT2D eigenvalue weighted by Crippen LogP contribution is 2.31. The highest BCUT2D eigenvalue weighted by atomic mass is 35.5. The Bertz CT molecular complexity index is 599. The average Bonchev–Trinajstić information content (AvgIpc) is 2.38. The van der Waals surface area contributed by atoms with Gasteiger partial charge in [-0.15, -0.1) is 0 Å². The van der Waals surface area contributed by atoms with Crippen molar-refractivity contribution in [3.8, 4) is 5.75 Å². The predicted octanol–water partition coefficient (Wildman–Crippen LogP) is 3.88. The number of hydrogen-bond acceptors (Lipinski definition) is 2. The summed E-state index contributed by atoms with van der Waals surface area (Å²) in [5.41, 5.74) is 1.99. The van der Waals surface area contributed by atoms with Gasteiger partial charge >= 0.3 is 0 Å². The van der Waals surface area contributed by atoms with Crippen LogP contribution in [0.5, 0.6) is 5.75 Å². The highest BCUT2D eigenvalue weighted by molar-refractivity contribution is 6.32. The minimum Gasteiger partial charge on any atom is -0.495 e. The topological polar surface area (TPSA) is 29.5 Å². The molecule has 0 spiro atoms. The Kier molecular flexibility index (Phi) is 4.08. The van der Waals surface area contributed by atoms with E-state index in [4.69, 9.17) is 16.3 Å². The van der Waals surface area contributed by atoms with Crippen molar-refractivity contribution < 1.29 is 14.2 Å². The van der Waals surface area contributed by atoms with E-state index >= 15 is 0 Å². The van der Waals surface area contributed by atoms with Gasteiger partial charge in [0.05, 0.1) is 12.1 Å². The Morgan fingerprint density at radius 3 is 2.53 bits per heavy atom. The number of aryl methyl sites for hydroxylation is 1. The fraction of sp³-hybridized carbons (Fsp3) is 0.200. The van der Waals surface area contributed by atoms with E-state index in [1.54, 1.807) is 31.2 Å². The molecule has 0 aliphatic rings. The van der Waals surface area contributed by atoms with Crippen molar-refractivity contribution >= 4 is 11.6 Å². The summed E-state index contributed by atoms with van der Waals surface area (Å²) in [6.45, 7) is 1.76. The van der Waals surface area contributed by atoms with Crippen molar-refractivity contribution in [3.05, 3.63) is 63.9 Å². The molecule has 0 bridgehead atoms. The van der Waals surface area contributed by atoms with Crippen LogP contribution in [-0.4, -0.2) is 12.2 Å². The molecule has 0 saturated carbocycles. The molecule has 2 aromatic rings. The molecule has 0 amide bonds. The van der Waals surface area contributed by atoms with Gasteiger partial charge in [0.15, 0.2) is 0 Å². The van der Waals surface area contributed by atoms with Crippen LogP contribution in [0.4, 0.5) is 4.39 Å². The lowest BCUT2D eigenvalue weighted by Gasteiger charge is -2.15. The summed E-state index contributed by atoms with van der Waals surface area (Å²) in [5, 5.41) is 10.8. The molecule has 0 saturated heterocycles. The van der Waals surface area contributed by atoms with E-state index in [0.29, 0.717) is 27.5 Å². The van der Waals surface area contributed by atoms with Crippen LogP contribution in [0.2, 0.25) is 5.02 Å². The van der Waals surface area contributed by atoms with E-state index in [9.17, 15) is 9.50 Å². The molecule has 0 aliphatic heterocycles. The SMILES string of the molecule is COc1ccc(C(O)c2ccc(F)cc2C)cc1Cl. The summed E-state index contributed by atoms with van der Waals surface area (Å²) in [7, 11) is 1.53. The molecule has 19 heavy (non-hydrogen) atoms. The van der Waals surface area contributed by atoms with Crippen molar-refractivity contribution in [2.45, 2.75) is 13.0 Å². The van der Waals surface area contributed by atoms with Crippen molar-refractivity contribution in [2.24, 2.45) is 0 Å². The molecule has 0 aliphatic carbocycles. The van der Waals surface area contributed by atoms with Gasteiger partial charge in [-0.25, -0.2) is 4.39 Å². The minimum atomic E-state index is -0.844. The second kappa shape index (κ2) is 5.59. The summed E-state index contributed by atoms with van der Waals surface area (Å²) in [4.78, 5) is 0. The van der Waals surface area contributed by atoms with Crippen LogP contribution in [0.3, 0.4) is 0 Å². The fourth-order valence-corrected chi connectivity index (χ4v) is 2.24. The first-order valence-electron chi connectivity index (χ1n) is 5.80. The number of aliphatic hydroxyl groups is 1. The van der Waals surface area contributed by atoms with E-state index in [1.165, 1.54) is 19.2 Å². The Morgan fingerprint density at radius 1 is 1.21 bits per heavy atom. The van der Waals surface area contributed by atoms with Gasteiger partial charge in [0, 0.05) is 0 Å². The average molecular weight is 281 g/mol. The number of halogens is 2. The van der Waals surface area contributed by atoms with Gasteiger partial charge in [-0.2, -0.15) is 0 Å². The van der Waals surface area contributed by atoms with Gasteiger partial charge in [-0.1, -0.05) is 23.7 Å². The molecule has 0 radical (unpaired) electrons. The molecular formula is C15H14ClFO2. The molecule has 1 atom stereocenters. The van der Waals surface area contributed by atoms with Crippen molar-refractivity contribution in [1.29, 1.82) is 0 Å². The van der Waals surface area contributed by atoms with E-state index in [-0.39, 0.29) is 5.82 Å². The third-order valence-electron chi connectivity index (χ3n) is 3.02. The largest absolute Gasteiger partial charge is 0.495 e. The van der Waals surface area contributed by atoms with Crippen molar-refractivity contribution in [2.75, 3.05) is 7.11 Å². The highest BCUT2D eigenvalue weighted by Gasteiger charge is 2.15. The fourth-order valence-electron chi connectivity index (χ4n) is 1.98. The van der Waals surface area contributed by atoms with Crippen LogP contribution in [0.25, 0.3) is 0 Å². The van der Waals surface area contributed by atoms with Crippen LogP contribution in [0, 0.1) is 12.7 Å². The first-order valence-corrected chi connectivity index (χ1v) is 6.18. The van der Waals surface area contributed by atoms with Crippen molar-refractivity contribution in [3.63, 3.8) is 0 Å². The third kappa shape index (κ3) is 2.88. The van der Waals surface area contributed by atoms with Crippen LogP contribution < -0.4 is 4.74 Å². The zero-order valence-corrected chi connectivity index (χ0v) is 11.4. The third-order valence-corrected chi connectivity index (χ3v) is 3.31. The second-order valence-corrected chi connectivity index (χ2v) is 4.70. The number of aliphatic hydroxyl groups excluding tert-OH is 1. The molecule has 2 rings (SSSR count). The quantitative estimate of drug-likeness (QED) is 0.924. The first kappa shape index (κ1) is 13.8. The summed E-state index contributed by atoms with van der Waals surface area (Å²) >= 11 is 6.03. The van der Waals surface area contributed by atoms with E-state index in [1.807, 2.05) is 0 Å². The predicted molar refractivity (Wildman–Crippen MR) is 73.2 cm³/mol. The number of hydrogen-bond donors (Lipinski definition) is 1. The number of methoxy groups -OCH3 is 1. The summed E-state index contributed by atoms with van der Waals surface area (Å²) in [6, 6.07) is 9.37. The lowest BCUT2D eigenvalue weighted by Crippen LogP contribution is -2.02. The Balaban J connectivity index is 2.38. The second-order valence-electron chi connectivity index (χ2n) is 4.30. The maximum absolute atomic E-state index is 13.1. The molecule has 0 heterocycles. The van der Waals surface area contributed by atoms with Gasteiger partial charge in [-0.05, 0) is 47.9 Å². The molecule has 2 nitrogen and oxygen atoms in total. The van der Waals surface area contributed by atoms with E-state index in [2.05, 4.69) is 0 Å². The summed E-state index contributed by atoms with van der Waals surface area (Å²) in [6.07, 6.45) is -0.844. The standard InChI is InChI=1S/C15H14ClFO2/c1-9-7-11(17)4-5-12(9)15(18)10-3-6-14(19-2)13(16)8-10/h3-8,15,18H,1-2H3. The molecule has 0 fully saturated rings. The zero-order chi connectivity index (χ0) is 14.0. The molecule has 100 valence electrons. The van der Waals surface area contributed by atoms with Gasteiger partial charge in [0.1, 0.15) is 17.7 Å². The number of benzene rings is 2. The number of rotatable bonds is 3.